The van der Waals surface area contributed by atoms with Crippen LogP contribution in [0, 0.1) is 5.92 Å². The highest BCUT2D eigenvalue weighted by Crippen LogP contribution is 2.21. The Morgan fingerprint density at radius 2 is 2.06 bits per heavy atom. The third-order valence-electron chi connectivity index (χ3n) is 3.13. The van der Waals surface area contributed by atoms with E-state index in [4.69, 9.17) is 14.6 Å². The standard InChI is InChI=1S/C14H18O4/c15-14(16)9-12-3-1-2-4-13(12)18-10-11-5-7-17-8-6-11/h1-4,11H,5-10H2,(H,15,16). The molecule has 0 saturated carbocycles. The van der Waals surface area contributed by atoms with Crippen LogP contribution in [0.2, 0.25) is 0 Å². The molecule has 1 aromatic carbocycles. The third-order valence-corrected chi connectivity index (χ3v) is 3.13. The minimum absolute atomic E-state index is 0.00392. The number of hydrogen-bond acceptors (Lipinski definition) is 3. The number of carboxylic acid groups (broad SMARTS) is 1. The summed E-state index contributed by atoms with van der Waals surface area (Å²) in [6.07, 6.45) is 2.03. The molecule has 1 fully saturated rings. The minimum atomic E-state index is -0.836. The fraction of sp³-hybridized carbons (Fsp3) is 0.500. The summed E-state index contributed by atoms with van der Waals surface area (Å²) in [4.78, 5) is 10.8. The van der Waals surface area contributed by atoms with Gasteiger partial charge in [-0.05, 0) is 24.8 Å². The third kappa shape index (κ3) is 3.74. The van der Waals surface area contributed by atoms with E-state index in [0.29, 0.717) is 18.3 Å². The molecule has 98 valence electrons. The highest BCUT2D eigenvalue weighted by atomic mass is 16.5. The van der Waals surface area contributed by atoms with Gasteiger partial charge in [-0.3, -0.25) is 4.79 Å². The number of ether oxygens (including phenoxy) is 2. The number of aliphatic carboxylic acids is 1. The summed E-state index contributed by atoms with van der Waals surface area (Å²) in [5, 5.41) is 8.84. The van der Waals surface area contributed by atoms with Gasteiger partial charge in [0.05, 0.1) is 13.0 Å². The molecule has 0 amide bonds. The van der Waals surface area contributed by atoms with Crippen molar-refractivity contribution in [2.75, 3.05) is 19.8 Å². The first-order chi connectivity index (χ1) is 8.75. The number of rotatable bonds is 5. The predicted octanol–water partition coefficient (Wildman–Crippen LogP) is 2.12. The van der Waals surface area contributed by atoms with Crippen LogP contribution in [-0.2, 0) is 16.0 Å². The van der Waals surface area contributed by atoms with Crippen LogP contribution in [0.25, 0.3) is 0 Å². The van der Waals surface area contributed by atoms with Crippen molar-refractivity contribution in [1.29, 1.82) is 0 Å². The second-order valence-electron chi connectivity index (χ2n) is 4.54. The summed E-state index contributed by atoms with van der Waals surface area (Å²) in [6, 6.07) is 7.33. The number of para-hydroxylation sites is 1. The van der Waals surface area contributed by atoms with Gasteiger partial charge < -0.3 is 14.6 Å². The number of benzene rings is 1. The first kappa shape index (κ1) is 12.9. The Kier molecular flexibility index (Phi) is 4.59. The Morgan fingerprint density at radius 3 is 2.78 bits per heavy atom. The van der Waals surface area contributed by atoms with Gasteiger partial charge in [0.1, 0.15) is 5.75 Å². The van der Waals surface area contributed by atoms with Crippen molar-refractivity contribution in [3.8, 4) is 5.75 Å². The summed E-state index contributed by atoms with van der Waals surface area (Å²) >= 11 is 0. The molecule has 4 heteroatoms. The Labute approximate surface area is 107 Å². The summed E-state index contributed by atoms with van der Waals surface area (Å²) in [7, 11) is 0. The second kappa shape index (κ2) is 6.40. The van der Waals surface area contributed by atoms with Crippen molar-refractivity contribution in [3.05, 3.63) is 29.8 Å². The zero-order chi connectivity index (χ0) is 12.8. The molecular weight excluding hydrogens is 232 g/mol. The molecule has 0 aliphatic carbocycles. The van der Waals surface area contributed by atoms with Gasteiger partial charge in [-0.2, -0.15) is 0 Å². The van der Waals surface area contributed by atoms with Crippen LogP contribution in [-0.4, -0.2) is 30.9 Å². The fourth-order valence-corrected chi connectivity index (χ4v) is 2.07. The van der Waals surface area contributed by atoms with Crippen molar-refractivity contribution in [1.82, 2.24) is 0 Å². The lowest BCUT2D eigenvalue weighted by Crippen LogP contribution is -2.21. The van der Waals surface area contributed by atoms with Crippen molar-refractivity contribution in [2.24, 2.45) is 5.92 Å². The molecule has 0 radical (unpaired) electrons. The molecule has 0 unspecified atom stereocenters. The van der Waals surface area contributed by atoms with Gasteiger partial charge in [0, 0.05) is 18.8 Å². The Bertz CT molecular complexity index is 397. The van der Waals surface area contributed by atoms with E-state index >= 15 is 0 Å². The first-order valence-electron chi connectivity index (χ1n) is 6.26. The van der Waals surface area contributed by atoms with Gasteiger partial charge in [-0.1, -0.05) is 18.2 Å². The van der Waals surface area contributed by atoms with E-state index in [0.717, 1.165) is 31.6 Å². The number of carbonyl (C=O) groups is 1. The SMILES string of the molecule is O=C(O)Cc1ccccc1OCC1CCOCC1. The van der Waals surface area contributed by atoms with E-state index in [-0.39, 0.29) is 6.42 Å². The summed E-state index contributed by atoms with van der Waals surface area (Å²) < 4.78 is 11.1. The van der Waals surface area contributed by atoms with Crippen LogP contribution in [0.5, 0.6) is 5.75 Å². The topological polar surface area (TPSA) is 55.8 Å². The maximum Gasteiger partial charge on any atom is 0.307 e. The van der Waals surface area contributed by atoms with E-state index in [1.807, 2.05) is 18.2 Å². The molecule has 18 heavy (non-hydrogen) atoms. The maximum atomic E-state index is 10.8. The van der Waals surface area contributed by atoms with Crippen LogP contribution in [0.3, 0.4) is 0 Å². The van der Waals surface area contributed by atoms with Gasteiger partial charge in [-0.25, -0.2) is 0 Å². The minimum Gasteiger partial charge on any atom is -0.493 e. The average Bonchev–Trinajstić information content (AvgIpc) is 2.38. The number of carboxylic acids is 1. The normalized spacial score (nSPS) is 16.4. The second-order valence-corrected chi connectivity index (χ2v) is 4.54. The highest BCUT2D eigenvalue weighted by molar-refractivity contribution is 5.71. The summed E-state index contributed by atoms with van der Waals surface area (Å²) in [5.74, 6) is 0.361. The molecule has 1 aliphatic heterocycles. The molecule has 1 aliphatic rings. The Hall–Kier alpha value is -1.55. The zero-order valence-corrected chi connectivity index (χ0v) is 10.3. The molecule has 1 heterocycles. The van der Waals surface area contributed by atoms with Gasteiger partial charge in [0.15, 0.2) is 0 Å². The quantitative estimate of drug-likeness (QED) is 0.869. The smallest absolute Gasteiger partial charge is 0.307 e. The van der Waals surface area contributed by atoms with E-state index in [1.54, 1.807) is 6.07 Å². The van der Waals surface area contributed by atoms with Crippen molar-refractivity contribution < 1.29 is 19.4 Å². The molecule has 0 bridgehead atoms. The van der Waals surface area contributed by atoms with Crippen LogP contribution in [0.1, 0.15) is 18.4 Å². The Morgan fingerprint density at radius 1 is 1.33 bits per heavy atom. The first-order valence-corrected chi connectivity index (χ1v) is 6.26. The molecule has 1 saturated heterocycles. The van der Waals surface area contributed by atoms with Crippen molar-refractivity contribution in [2.45, 2.75) is 19.3 Å². The molecule has 0 atom stereocenters. The van der Waals surface area contributed by atoms with Crippen LogP contribution in [0.15, 0.2) is 24.3 Å². The van der Waals surface area contributed by atoms with Crippen molar-refractivity contribution in [3.63, 3.8) is 0 Å². The summed E-state index contributed by atoms with van der Waals surface area (Å²) in [5.41, 5.74) is 0.733. The molecule has 4 nitrogen and oxygen atoms in total. The van der Waals surface area contributed by atoms with E-state index in [9.17, 15) is 4.79 Å². The molecule has 0 aromatic heterocycles. The predicted molar refractivity (Wildman–Crippen MR) is 66.8 cm³/mol. The lowest BCUT2D eigenvalue weighted by molar-refractivity contribution is -0.136. The van der Waals surface area contributed by atoms with Crippen molar-refractivity contribution >= 4 is 5.97 Å². The molecule has 1 aromatic rings. The van der Waals surface area contributed by atoms with Gasteiger partial charge in [0.2, 0.25) is 0 Å². The number of hydrogen-bond donors (Lipinski definition) is 1. The zero-order valence-electron chi connectivity index (χ0n) is 10.3. The van der Waals surface area contributed by atoms with Gasteiger partial charge in [-0.15, -0.1) is 0 Å². The maximum absolute atomic E-state index is 10.8. The lowest BCUT2D eigenvalue weighted by atomic mass is 10.0. The van der Waals surface area contributed by atoms with Crippen LogP contribution in [0.4, 0.5) is 0 Å². The van der Waals surface area contributed by atoms with Crippen LogP contribution < -0.4 is 4.74 Å². The van der Waals surface area contributed by atoms with E-state index < -0.39 is 5.97 Å². The summed E-state index contributed by atoms with van der Waals surface area (Å²) in [6.45, 7) is 2.23. The Balaban J connectivity index is 1.93. The highest BCUT2D eigenvalue weighted by Gasteiger charge is 2.15. The van der Waals surface area contributed by atoms with Crippen LogP contribution >= 0.6 is 0 Å². The fourth-order valence-electron chi connectivity index (χ4n) is 2.07. The van der Waals surface area contributed by atoms with Gasteiger partial charge in [0.25, 0.3) is 0 Å². The average molecular weight is 250 g/mol. The van der Waals surface area contributed by atoms with Gasteiger partial charge >= 0.3 is 5.97 Å². The molecule has 2 rings (SSSR count). The molecule has 0 spiro atoms. The lowest BCUT2D eigenvalue weighted by Gasteiger charge is -2.22. The van der Waals surface area contributed by atoms with E-state index in [2.05, 4.69) is 0 Å². The monoisotopic (exact) mass is 250 g/mol. The molecule has 1 N–H and O–H groups in total. The largest absolute Gasteiger partial charge is 0.493 e. The molecular formula is C14H18O4. The van der Waals surface area contributed by atoms with E-state index in [1.165, 1.54) is 0 Å².